The number of amides is 1. The van der Waals surface area contributed by atoms with Gasteiger partial charge in [-0.05, 0) is 19.1 Å². The number of nitrogens with zero attached hydrogens (tertiary/aromatic N) is 2. The Morgan fingerprint density at radius 3 is 2.44 bits per heavy atom. The van der Waals surface area contributed by atoms with E-state index in [2.05, 4.69) is 10.4 Å². The van der Waals surface area contributed by atoms with Crippen molar-refractivity contribution in [3.63, 3.8) is 0 Å². The fourth-order valence-electron chi connectivity index (χ4n) is 1.17. The van der Waals surface area contributed by atoms with Gasteiger partial charge in [0, 0.05) is 14.1 Å². The minimum Gasteiger partial charge on any atom is -0.478 e. The van der Waals surface area contributed by atoms with E-state index in [1.807, 2.05) is 0 Å². The first-order valence-corrected chi connectivity index (χ1v) is 4.61. The van der Waals surface area contributed by atoms with Crippen LogP contribution in [0.2, 0.25) is 0 Å². The predicted octanol–water partition coefficient (Wildman–Crippen LogP) is 0.295. The van der Waals surface area contributed by atoms with Gasteiger partial charge in [-0.15, -0.1) is 0 Å². The molecule has 0 spiro atoms. The van der Waals surface area contributed by atoms with E-state index in [9.17, 15) is 9.59 Å². The molecular formula is C10H13N3O3. The van der Waals surface area contributed by atoms with Crippen LogP contribution < -0.4 is 5.43 Å². The highest BCUT2D eigenvalue weighted by atomic mass is 16.4. The monoisotopic (exact) mass is 223 g/mol. The van der Waals surface area contributed by atoms with Gasteiger partial charge < -0.3 is 5.11 Å². The first-order chi connectivity index (χ1) is 7.41. The van der Waals surface area contributed by atoms with Gasteiger partial charge in [0.25, 0.3) is 5.91 Å². The summed E-state index contributed by atoms with van der Waals surface area (Å²) < 4.78 is 0. The van der Waals surface area contributed by atoms with Crippen molar-refractivity contribution in [2.45, 2.75) is 6.92 Å². The Bertz CT molecular complexity index is 429. The maximum Gasteiger partial charge on any atom is 0.337 e. The van der Waals surface area contributed by atoms with Crippen molar-refractivity contribution < 1.29 is 14.7 Å². The number of carboxylic acid groups (broad SMARTS) is 1. The van der Waals surface area contributed by atoms with Crippen molar-refractivity contribution in [3.05, 3.63) is 29.1 Å². The van der Waals surface area contributed by atoms with Crippen molar-refractivity contribution in [3.8, 4) is 0 Å². The number of hydrazine groups is 1. The van der Waals surface area contributed by atoms with Gasteiger partial charge in [-0.2, -0.15) is 0 Å². The summed E-state index contributed by atoms with van der Waals surface area (Å²) >= 11 is 0. The second-order valence-electron chi connectivity index (χ2n) is 3.47. The summed E-state index contributed by atoms with van der Waals surface area (Å²) in [5.74, 6) is -1.42. The molecule has 0 saturated carbocycles. The fourth-order valence-corrected chi connectivity index (χ4v) is 1.17. The molecule has 0 bridgehead atoms. The summed E-state index contributed by atoms with van der Waals surface area (Å²) in [4.78, 5) is 26.2. The number of aromatic nitrogens is 1. The predicted molar refractivity (Wildman–Crippen MR) is 57.1 cm³/mol. The van der Waals surface area contributed by atoms with Crippen molar-refractivity contribution in [1.82, 2.24) is 15.4 Å². The van der Waals surface area contributed by atoms with Crippen molar-refractivity contribution in [2.24, 2.45) is 0 Å². The number of aryl methyl sites for hydroxylation is 1. The number of rotatable bonds is 3. The van der Waals surface area contributed by atoms with Crippen molar-refractivity contribution in [2.75, 3.05) is 14.1 Å². The average Bonchev–Trinajstić information content (AvgIpc) is 2.15. The van der Waals surface area contributed by atoms with Crippen LogP contribution in [0.15, 0.2) is 12.1 Å². The molecule has 0 saturated heterocycles. The van der Waals surface area contributed by atoms with E-state index < -0.39 is 5.97 Å². The first kappa shape index (κ1) is 12.1. The average molecular weight is 223 g/mol. The maximum atomic E-state index is 11.5. The van der Waals surface area contributed by atoms with E-state index in [4.69, 9.17) is 5.11 Å². The normalized spacial score (nSPS) is 10.2. The molecular weight excluding hydrogens is 210 g/mol. The fraction of sp³-hybridized carbons (Fsp3) is 0.300. The molecule has 0 aliphatic heterocycles. The summed E-state index contributed by atoms with van der Waals surface area (Å²) in [6, 6.07) is 2.75. The van der Waals surface area contributed by atoms with Crippen LogP contribution >= 0.6 is 0 Å². The third-order valence-electron chi connectivity index (χ3n) is 1.87. The van der Waals surface area contributed by atoms with Crippen LogP contribution in [0.4, 0.5) is 0 Å². The maximum absolute atomic E-state index is 11.5. The Balaban J connectivity index is 2.97. The first-order valence-electron chi connectivity index (χ1n) is 4.61. The van der Waals surface area contributed by atoms with E-state index in [1.54, 1.807) is 21.0 Å². The summed E-state index contributed by atoms with van der Waals surface area (Å²) in [5, 5.41) is 10.3. The van der Waals surface area contributed by atoms with E-state index in [1.165, 1.54) is 17.1 Å². The molecule has 16 heavy (non-hydrogen) atoms. The number of pyridine rings is 1. The van der Waals surface area contributed by atoms with Crippen LogP contribution in [0.3, 0.4) is 0 Å². The number of carboxylic acids is 1. The van der Waals surface area contributed by atoms with E-state index >= 15 is 0 Å². The van der Waals surface area contributed by atoms with Gasteiger partial charge in [0.15, 0.2) is 0 Å². The number of carbonyl (C=O) groups is 2. The lowest BCUT2D eigenvalue weighted by molar-refractivity contribution is 0.0694. The molecule has 2 N–H and O–H groups in total. The van der Waals surface area contributed by atoms with Crippen LogP contribution in [0.5, 0.6) is 0 Å². The summed E-state index contributed by atoms with van der Waals surface area (Å²) in [7, 11) is 3.35. The Kier molecular flexibility index (Phi) is 3.57. The molecule has 1 heterocycles. The number of hydrogen-bond donors (Lipinski definition) is 2. The molecule has 86 valence electrons. The summed E-state index contributed by atoms with van der Waals surface area (Å²) in [5.41, 5.74) is 3.13. The number of carbonyl (C=O) groups excluding carboxylic acids is 1. The molecule has 6 heteroatoms. The Hall–Kier alpha value is -1.95. The Morgan fingerprint density at radius 2 is 2.00 bits per heavy atom. The van der Waals surface area contributed by atoms with Gasteiger partial charge >= 0.3 is 5.97 Å². The number of aromatic carboxylic acids is 1. The minimum atomic E-state index is -1.05. The van der Waals surface area contributed by atoms with Crippen molar-refractivity contribution >= 4 is 11.9 Å². The van der Waals surface area contributed by atoms with E-state index in [0.29, 0.717) is 5.69 Å². The van der Waals surface area contributed by atoms with Crippen molar-refractivity contribution in [1.29, 1.82) is 0 Å². The molecule has 1 aromatic rings. The van der Waals surface area contributed by atoms with Gasteiger partial charge in [0.1, 0.15) is 5.69 Å². The van der Waals surface area contributed by atoms with Crippen LogP contribution in [0, 0.1) is 6.92 Å². The van der Waals surface area contributed by atoms with Gasteiger partial charge in [-0.25, -0.2) is 14.8 Å². The van der Waals surface area contributed by atoms with Crippen LogP contribution in [0.25, 0.3) is 0 Å². The quantitative estimate of drug-likeness (QED) is 0.720. The van der Waals surface area contributed by atoms with Gasteiger partial charge in [-0.1, -0.05) is 0 Å². The highest BCUT2D eigenvalue weighted by Crippen LogP contribution is 2.06. The molecule has 0 unspecified atom stereocenters. The van der Waals surface area contributed by atoms with Gasteiger partial charge in [0.05, 0.1) is 11.3 Å². The second kappa shape index (κ2) is 4.71. The zero-order chi connectivity index (χ0) is 12.3. The molecule has 6 nitrogen and oxygen atoms in total. The molecule has 0 aliphatic carbocycles. The zero-order valence-corrected chi connectivity index (χ0v) is 9.31. The number of hydrogen-bond acceptors (Lipinski definition) is 4. The van der Waals surface area contributed by atoms with Gasteiger partial charge in [-0.3, -0.25) is 10.2 Å². The molecule has 1 aromatic heterocycles. The lowest BCUT2D eigenvalue weighted by Crippen LogP contribution is -2.36. The molecule has 0 radical (unpaired) electrons. The number of nitrogens with one attached hydrogen (secondary N) is 1. The lowest BCUT2D eigenvalue weighted by atomic mass is 10.2. The SMILES string of the molecule is Cc1nc(C(=O)NN(C)C)ccc1C(=O)O. The topological polar surface area (TPSA) is 82.5 Å². The molecule has 0 aliphatic rings. The van der Waals surface area contributed by atoms with Crippen LogP contribution in [-0.4, -0.2) is 41.1 Å². The van der Waals surface area contributed by atoms with Crippen LogP contribution in [0.1, 0.15) is 26.5 Å². The summed E-state index contributed by atoms with van der Waals surface area (Å²) in [6.45, 7) is 1.55. The lowest BCUT2D eigenvalue weighted by Gasteiger charge is -2.11. The molecule has 1 amide bonds. The van der Waals surface area contributed by atoms with E-state index in [0.717, 1.165) is 0 Å². The molecule has 1 rings (SSSR count). The third-order valence-corrected chi connectivity index (χ3v) is 1.87. The molecule has 0 aromatic carbocycles. The Morgan fingerprint density at radius 1 is 1.38 bits per heavy atom. The highest BCUT2D eigenvalue weighted by molar-refractivity contribution is 5.94. The standard InChI is InChI=1S/C10H13N3O3/c1-6-7(10(15)16)4-5-8(11-6)9(14)12-13(2)3/h4-5H,1-3H3,(H,12,14)(H,15,16). The summed E-state index contributed by atoms with van der Waals surface area (Å²) in [6.07, 6.45) is 0. The largest absolute Gasteiger partial charge is 0.478 e. The highest BCUT2D eigenvalue weighted by Gasteiger charge is 2.13. The smallest absolute Gasteiger partial charge is 0.337 e. The molecule has 0 fully saturated rings. The molecule has 0 atom stereocenters. The Labute approximate surface area is 92.9 Å². The van der Waals surface area contributed by atoms with E-state index in [-0.39, 0.29) is 17.2 Å². The minimum absolute atomic E-state index is 0.0985. The second-order valence-corrected chi connectivity index (χ2v) is 3.47. The van der Waals surface area contributed by atoms with Crippen LogP contribution in [-0.2, 0) is 0 Å². The van der Waals surface area contributed by atoms with Gasteiger partial charge in [0.2, 0.25) is 0 Å². The zero-order valence-electron chi connectivity index (χ0n) is 9.31. The third kappa shape index (κ3) is 2.77.